The number of rotatable bonds is 4. The number of piperidine rings is 1. The van der Waals surface area contributed by atoms with E-state index in [1.54, 1.807) is 18.7 Å². The molecular weight excluding hydrogens is 330 g/mol. The molecule has 1 amide bonds. The number of amides is 1. The minimum atomic E-state index is 0.0566. The molecule has 4 heterocycles. The van der Waals surface area contributed by atoms with E-state index in [9.17, 15) is 4.79 Å². The number of anilines is 1. The van der Waals surface area contributed by atoms with E-state index in [0.29, 0.717) is 19.1 Å². The van der Waals surface area contributed by atoms with Crippen LogP contribution in [-0.4, -0.2) is 65.7 Å². The zero-order valence-electron chi connectivity index (χ0n) is 15.2. The summed E-state index contributed by atoms with van der Waals surface area (Å²) >= 11 is 0. The number of aromatic nitrogens is 3. The van der Waals surface area contributed by atoms with E-state index in [4.69, 9.17) is 4.74 Å². The number of pyridine rings is 1. The monoisotopic (exact) mass is 355 g/mol. The lowest BCUT2D eigenvalue weighted by atomic mass is 9.95. The number of nitrogens with zero attached hydrogens (tertiary/aromatic N) is 5. The first kappa shape index (κ1) is 17.1. The van der Waals surface area contributed by atoms with Crippen LogP contribution in [0.25, 0.3) is 10.9 Å². The summed E-state index contributed by atoms with van der Waals surface area (Å²) in [6.07, 6.45) is 8.17. The van der Waals surface area contributed by atoms with Crippen LogP contribution in [0, 0.1) is 11.8 Å². The van der Waals surface area contributed by atoms with Gasteiger partial charge in [0.1, 0.15) is 12.1 Å². The number of ether oxygens (including phenoxy) is 1. The highest BCUT2D eigenvalue weighted by molar-refractivity contribution is 5.88. The average Bonchev–Trinajstić information content (AvgIpc) is 3.22. The summed E-state index contributed by atoms with van der Waals surface area (Å²) in [4.78, 5) is 29.6. The van der Waals surface area contributed by atoms with Crippen LogP contribution in [-0.2, 0) is 9.53 Å². The van der Waals surface area contributed by atoms with Crippen molar-refractivity contribution in [1.29, 1.82) is 0 Å². The highest BCUT2D eigenvalue weighted by Gasteiger charge is 2.29. The molecule has 7 heteroatoms. The zero-order chi connectivity index (χ0) is 17.9. The summed E-state index contributed by atoms with van der Waals surface area (Å²) in [5.41, 5.74) is 0.878. The van der Waals surface area contributed by atoms with Gasteiger partial charge in [-0.3, -0.25) is 9.78 Å². The molecule has 0 aromatic carbocycles. The molecule has 0 N–H and O–H groups in total. The van der Waals surface area contributed by atoms with Crippen LogP contribution in [0.3, 0.4) is 0 Å². The van der Waals surface area contributed by atoms with Crippen molar-refractivity contribution in [2.75, 3.05) is 44.8 Å². The number of carbonyl (C=O) groups is 1. The Morgan fingerprint density at radius 3 is 2.92 bits per heavy atom. The molecule has 2 aliphatic rings. The maximum atomic E-state index is 12.5. The van der Waals surface area contributed by atoms with Crippen molar-refractivity contribution in [3.05, 3.63) is 24.8 Å². The summed E-state index contributed by atoms with van der Waals surface area (Å²) in [6, 6.07) is 1.98. The van der Waals surface area contributed by atoms with Crippen LogP contribution in [0.4, 0.5) is 5.82 Å². The first-order valence-electron chi connectivity index (χ1n) is 9.35. The summed E-state index contributed by atoms with van der Waals surface area (Å²) in [5, 5.41) is 1.05. The Labute approximate surface area is 153 Å². The molecule has 4 rings (SSSR count). The smallest absolute Gasteiger partial charge is 0.227 e. The van der Waals surface area contributed by atoms with Crippen molar-refractivity contribution in [2.45, 2.75) is 19.3 Å². The first-order chi connectivity index (χ1) is 12.7. The molecule has 0 bridgehead atoms. The summed E-state index contributed by atoms with van der Waals surface area (Å²) < 4.78 is 5.35. The lowest BCUT2D eigenvalue weighted by molar-refractivity contribution is -0.134. The van der Waals surface area contributed by atoms with Gasteiger partial charge in [0, 0.05) is 44.9 Å². The first-order valence-corrected chi connectivity index (χ1v) is 9.35. The largest absolute Gasteiger partial charge is 0.381 e. The molecule has 7 nitrogen and oxygen atoms in total. The fourth-order valence-electron chi connectivity index (χ4n) is 3.99. The van der Waals surface area contributed by atoms with Crippen LogP contribution < -0.4 is 4.90 Å². The second kappa shape index (κ2) is 7.53. The maximum absolute atomic E-state index is 12.5. The molecule has 0 spiro atoms. The van der Waals surface area contributed by atoms with Gasteiger partial charge in [0.25, 0.3) is 0 Å². The van der Waals surface area contributed by atoms with E-state index in [2.05, 4.69) is 19.9 Å². The maximum Gasteiger partial charge on any atom is 0.227 e. The number of hydrogen-bond acceptors (Lipinski definition) is 6. The van der Waals surface area contributed by atoms with Crippen molar-refractivity contribution in [2.24, 2.45) is 11.8 Å². The standard InChI is InChI=1S/C19H25N5O2/c1-23(19(25)15-5-9-26-12-15)11-14-3-7-24(8-4-14)18-16-2-6-20-10-17(16)21-13-22-18/h2,6,10,13-15H,3-5,7-9,11-12H2,1H3. The van der Waals surface area contributed by atoms with E-state index in [0.717, 1.165) is 55.6 Å². The predicted molar refractivity (Wildman–Crippen MR) is 98.8 cm³/mol. The Hall–Kier alpha value is -2.28. The third-order valence-electron chi connectivity index (χ3n) is 5.52. The molecular formula is C19H25N5O2. The minimum absolute atomic E-state index is 0.0566. The van der Waals surface area contributed by atoms with Gasteiger partial charge in [-0.1, -0.05) is 0 Å². The number of fused-ring (bicyclic) bond motifs is 1. The normalized spacial score (nSPS) is 21.3. The number of hydrogen-bond donors (Lipinski definition) is 0. The van der Waals surface area contributed by atoms with Crippen LogP contribution >= 0.6 is 0 Å². The third-order valence-corrected chi connectivity index (χ3v) is 5.52. The van der Waals surface area contributed by atoms with Gasteiger partial charge in [-0.15, -0.1) is 0 Å². The molecule has 0 saturated carbocycles. The van der Waals surface area contributed by atoms with Gasteiger partial charge in [-0.2, -0.15) is 0 Å². The SMILES string of the molecule is CN(CC1CCN(c2ncnc3cnccc23)CC1)C(=O)C1CCOC1. The third kappa shape index (κ3) is 3.49. The van der Waals surface area contributed by atoms with Crippen molar-refractivity contribution in [1.82, 2.24) is 19.9 Å². The molecule has 2 aromatic heterocycles. The molecule has 2 aliphatic heterocycles. The van der Waals surface area contributed by atoms with Crippen LogP contribution in [0.5, 0.6) is 0 Å². The molecule has 1 atom stereocenters. The fourth-order valence-corrected chi connectivity index (χ4v) is 3.99. The van der Waals surface area contributed by atoms with E-state index in [1.807, 2.05) is 18.0 Å². The van der Waals surface area contributed by atoms with Gasteiger partial charge < -0.3 is 14.5 Å². The second-order valence-electron chi connectivity index (χ2n) is 7.30. The van der Waals surface area contributed by atoms with E-state index >= 15 is 0 Å². The lowest BCUT2D eigenvalue weighted by Gasteiger charge is -2.35. The van der Waals surface area contributed by atoms with Crippen LogP contribution in [0.15, 0.2) is 24.8 Å². The predicted octanol–water partition coefficient (Wildman–Crippen LogP) is 1.74. The highest BCUT2D eigenvalue weighted by Crippen LogP contribution is 2.27. The van der Waals surface area contributed by atoms with Gasteiger partial charge in [0.05, 0.1) is 24.2 Å². The molecule has 2 saturated heterocycles. The number of carbonyl (C=O) groups excluding carboxylic acids is 1. The molecule has 1 unspecified atom stereocenters. The Morgan fingerprint density at radius 2 is 2.15 bits per heavy atom. The molecule has 138 valence electrons. The highest BCUT2D eigenvalue weighted by atomic mass is 16.5. The molecule has 0 aliphatic carbocycles. The Morgan fingerprint density at radius 1 is 1.31 bits per heavy atom. The van der Waals surface area contributed by atoms with Gasteiger partial charge in [0.2, 0.25) is 5.91 Å². The second-order valence-corrected chi connectivity index (χ2v) is 7.30. The quantitative estimate of drug-likeness (QED) is 0.832. The summed E-state index contributed by atoms with van der Waals surface area (Å²) in [5.74, 6) is 1.82. The zero-order valence-corrected chi connectivity index (χ0v) is 15.2. The van der Waals surface area contributed by atoms with Crippen LogP contribution in [0.1, 0.15) is 19.3 Å². The summed E-state index contributed by atoms with van der Waals surface area (Å²) in [7, 11) is 1.93. The average molecular weight is 355 g/mol. The van der Waals surface area contributed by atoms with E-state index < -0.39 is 0 Å². The van der Waals surface area contributed by atoms with Crippen LogP contribution in [0.2, 0.25) is 0 Å². The molecule has 26 heavy (non-hydrogen) atoms. The summed E-state index contributed by atoms with van der Waals surface area (Å²) in [6.45, 7) is 4.03. The van der Waals surface area contributed by atoms with E-state index in [1.165, 1.54) is 0 Å². The van der Waals surface area contributed by atoms with Gasteiger partial charge in [-0.05, 0) is 31.2 Å². The van der Waals surface area contributed by atoms with Crippen molar-refractivity contribution >= 4 is 22.6 Å². The Bertz CT molecular complexity index is 764. The van der Waals surface area contributed by atoms with Crippen molar-refractivity contribution in [3.8, 4) is 0 Å². The Balaban J connectivity index is 1.36. The van der Waals surface area contributed by atoms with Gasteiger partial charge >= 0.3 is 0 Å². The van der Waals surface area contributed by atoms with Gasteiger partial charge in [0.15, 0.2) is 0 Å². The lowest BCUT2D eigenvalue weighted by Crippen LogP contribution is -2.41. The van der Waals surface area contributed by atoms with Gasteiger partial charge in [-0.25, -0.2) is 9.97 Å². The molecule has 2 aromatic rings. The minimum Gasteiger partial charge on any atom is -0.381 e. The van der Waals surface area contributed by atoms with Crippen molar-refractivity contribution in [3.63, 3.8) is 0 Å². The fraction of sp³-hybridized carbons (Fsp3) is 0.579. The molecule has 2 fully saturated rings. The molecule has 0 radical (unpaired) electrons. The van der Waals surface area contributed by atoms with E-state index in [-0.39, 0.29) is 11.8 Å². The Kier molecular flexibility index (Phi) is 4.97. The topological polar surface area (TPSA) is 71.5 Å². The van der Waals surface area contributed by atoms with Crippen molar-refractivity contribution < 1.29 is 9.53 Å².